The molecule has 7 heteroatoms. The van der Waals surface area contributed by atoms with Crippen molar-refractivity contribution in [2.24, 2.45) is 11.8 Å². The molecular formula is C21H24N4O3. The first kappa shape index (κ1) is 17.3. The van der Waals surface area contributed by atoms with Crippen LogP contribution in [-0.2, 0) is 4.74 Å². The molecule has 1 saturated heterocycles. The van der Waals surface area contributed by atoms with E-state index in [-0.39, 0.29) is 18.0 Å². The summed E-state index contributed by atoms with van der Waals surface area (Å²) in [6.45, 7) is 3.98. The molecule has 1 atom stereocenters. The Balaban J connectivity index is 1.44. The number of ether oxygens (including phenoxy) is 1. The van der Waals surface area contributed by atoms with E-state index < -0.39 is 0 Å². The van der Waals surface area contributed by atoms with Gasteiger partial charge in [0.25, 0.3) is 5.91 Å². The van der Waals surface area contributed by atoms with E-state index in [1.54, 1.807) is 4.90 Å². The summed E-state index contributed by atoms with van der Waals surface area (Å²) in [6.07, 6.45) is 2.02. The maximum Gasteiger partial charge on any atom is 0.409 e. The molecule has 0 N–H and O–H groups in total. The number of rotatable bonds is 4. The lowest BCUT2D eigenvalue weighted by Crippen LogP contribution is -2.54. The molecule has 0 radical (unpaired) electrons. The summed E-state index contributed by atoms with van der Waals surface area (Å²) >= 11 is 0. The van der Waals surface area contributed by atoms with Crippen molar-refractivity contribution >= 4 is 12.0 Å². The molecular weight excluding hydrogens is 356 g/mol. The smallest absolute Gasteiger partial charge is 0.409 e. The number of nitrogens with zero attached hydrogens (tertiary/aromatic N) is 4. The number of carbonyl (C=O) groups is 2. The summed E-state index contributed by atoms with van der Waals surface area (Å²) < 4.78 is 6.59. The van der Waals surface area contributed by atoms with E-state index in [0.717, 1.165) is 29.8 Å². The Labute approximate surface area is 163 Å². The van der Waals surface area contributed by atoms with Crippen LogP contribution >= 0.6 is 0 Å². The molecule has 1 aromatic heterocycles. The fraction of sp³-hybridized carbons (Fsp3) is 0.476. The van der Waals surface area contributed by atoms with Crippen LogP contribution in [0.15, 0.2) is 30.3 Å². The summed E-state index contributed by atoms with van der Waals surface area (Å²) in [5, 5.41) is 4.71. The van der Waals surface area contributed by atoms with E-state index in [2.05, 4.69) is 0 Å². The third-order valence-corrected chi connectivity index (χ3v) is 6.12. The van der Waals surface area contributed by atoms with Crippen molar-refractivity contribution in [2.75, 3.05) is 26.7 Å². The summed E-state index contributed by atoms with van der Waals surface area (Å²) in [4.78, 5) is 28.8. The van der Waals surface area contributed by atoms with E-state index in [0.29, 0.717) is 37.2 Å². The summed E-state index contributed by atoms with van der Waals surface area (Å²) in [7, 11) is 1.40. The minimum Gasteiger partial charge on any atom is -0.453 e. The molecule has 2 aromatic rings. The van der Waals surface area contributed by atoms with E-state index in [9.17, 15) is 9.59 Å². The number of benzene rings is 1. The monoisotopic (exact) mass is 380 g/mol. The van der Waals surface area contributed by atoms with Crippen molar-refractivity contribution in [3.05, 3.63) is 47.3 Å². The largest absolute Gasteiger partial charge is 0.453 e. The van der Waals surface area contributed by atoms with E-state index in [1.807, 2.05) is 46.8 Å². The number of methoxy groups -OCH3 is 1. The standard InChI is InChI=1S/C21H24N4O3/c1-13-17-18(15-8-9-15)24(12-14-10-23(11-14)21(27)28-2)20(26)19(17)25(22-13)16-6-4-3-5-7-16/h3-7,14-15,18H,8-12H2,1-2H3. The zero-order valence-corrected chi connectivity index (χ0v) is 16.2. The van der Waals surface area contributed by atoms with Gasteiger partial charge in [0.2, 0.25) is 0 Å². The fourth-order valence-electron chi connectivity index (χ4n) is 4.61. The highest BCUT2D eigenvalue weighted by Gasteiger charge is 2.50. The molecule has 3 heterocycles. The molecule has 0 bridgehead atoms. The van der Waals surface area contributed by atoms with Gasteiger partial charge in [0, 0.05) is 31.1 Å². The van der Waals surface area contributed by atoms with Crippen molar-refractivity contribution in [2.45, 2.75) is 25.8 Å². The Morgan fingerprint density at radius 2 is 1.93 bits per heavy atom. The lowest BCUT2D eigenvalue weighted by atomic mass is 9.98. The number of amides is 2. The molecule has 1 aromatic carbocycles. The number of likely N-dealkylation sites (tertiary alicyclic amines) is 1. The molecule has 2 amide bonds. The van der Waals surface area contributed by atoms with Gasteiger partial charge < -0.3 is 14.5 Å². The SMILES string of the molecule is COC(=O)N1CC(CN2C(=O)c3c(c(C)nn3-c3ccccc3)C2C2CC2)C1. The van der Waals surface area contributed by atoms with Crippen LogP contribution in [0, 0.1) is 18.8 Å². The second-order valence-electron chi connectivity index (χ2n) is 8.08. The predicted octanol–water partition coefficient (Wildman–Crippen LogP) is 2.79. The summed E-state index contributed by atoms with van der Waals surface area (Å²) in [5.41, 5.74) is 3.67. The van der Waals surface area contributed by atoms with Crippen molar-refractivity contribution in [1.29, 1.82) is 0 Å². The van der Waals surface area contributed by atoms with Gasteiger partial charge in [-0.2, -0.15) is 5.10 Å². The molecule has 3 aliphatic rings. The predicted molar refractivity (Wildman–Crippen MR) is 102 cm³/mol. The molecule has 1 unspecified atom stereocenters. The maximum atomic E-state index is 13.5. The molecule has 5 rings (SSSR count). The van der Waals surface area contributed by atoms with Crippen LogP contribution < -0.4 is 0 Å². The van der Waals surface area contributed by atoms with Crippen molar-refractivity contribution < 1.29 is 14.3 Å². The lowest BCUT2D eigenvalue weighted by molar-refractivity contribution is 0.0374. The Morgan fingerprint density at radius 3 is 2.57 bits per heavy atom. The van der Waals surface area contributed by atoms with Gasteiger partial charge in [-0.1, -0.05) is 18.2 Å². The van der Waals surface area contributed by atoms with Crippen molar-refractivity contribution in [3.63, 3.8) is 0 Å². The summed E-state index contributed by atoms with van der Waals surface area (Å²) in [6, 6.07) is 9.97. The van der Waals surface area contributed by atoms with Crippen LogP contribution in [0.25, 0.3) is 5.69 Å². The zero-order chi connectivity index (χ0) is 19.4. The number of fused-ring (bicyclic) bond motifs is 1. The number of aryl methyl sites for hydroxylation is 1. The second-order valence-corrected chi connectivity index (χ2v) is 8.08. The Kier molecular flexibility index (Phi) is 3.92. The molecule has 1 saturated carbocycles. The minimum atomic E-state index is -0.290. The first-order chi connectivity index (χ1) is 13.6. The first-order valence-corrected chi connectivity index (χ1v) is 9.87. The molecule has 146 valence electrons. The van der Waals surface area contributed by atoms with E-state index in [4.69, 9.17) is 9.84 Å². The quantitative estimate of drug-likeness (QED) is 0.818. The van der Waals surface area contributed by atoms with Crippen molar-refractivity contribution in [1.82, 2.24) is 19.6 Å². The highest BCUT2D eigenvalue weighted by molar-refractivity contribution is 5.98. The maximum absolute atomic E-state index is 13.5. The van der Waals surface area contributed by atoms with Gasteiger partial charge in [0.15, 0.2) is 0 Å². The lowest BCUT2D eigenvalue weighted by Gasteiger charge is -2.41. The molecule has 1 aliphatic carbocycles. The van der Waals surface area contributed by atoms with E-state index >= 15 is 0 Å². The average Bonchev–Trinajstić information content (AvgIpc) is 3.40. The van der Waals surface area contributed by atoms with Gasteiger partial charge in [-0.25, -0.2) is 9.48 Å². The van der Waals surface area contributed by atoms with Gasteiger partial charge in [0.1, 0.15) is 5.69 Å². The topological polar surface area (TPSA) is 67.7 Å². The molecule has 2 fully saturated rings. The van der Waals surface area contributed by atoms with Gasteiger partial charge >= 0.3 is 6.09 Å². The molecule has 7 nitrogen and oxygen atoms in total. The Bertz CT molecular complexity index is 929. The van der Waals surface area contributed by atoms with Gasteiger partial charge in [-0.05, 0) is 37.8 Å². The van der Waals surface area contributed by atoms with Crippen LogP contribution in [0.4, 0.5) is 4.79 Å². The third kappa shape index (κ3) is 2.60. The Hall–Kier alpha value is -2.83. The van der Waals surface area contributed by atoms with Gasteiger partial charge in [-0.15, -0.1) is 0 Å². The Morgan fingerprint density at radius 1 is 1.21 bits per heavy atom. The average molecular weight is 380 g/mol. The van der Waals surface area contributed by atoms with Crippen LogP contribution in [0.2, 0.25) is 0 Å². The molecule has 0 spiro atoms. The van der Waals surface area contributed by atoms with Crippen LogP contribution in [0.3, 0.4) is 0 Å². The normalized spacial score (nSPS) is 21.6. The first-order valence-electron chi connectivity index (χ1n) is 9.87. The van der Waals surface area contributed by atoms with Crippen LogP contribution in [0.1, 0.15) is 40.6 Å². The molecule has 28 heavy (non-hydrogen) atoms. The van der Waals surface area contributed by atoms with E-state index in [1.165, 1.54) is 7.11 Å². The minimum absolute atomic E-state index is 0.0628. The molecule has 2 aliphatic heterocycles. The number of hydrogen-bond donors (Lipinski definition) is 0. The zero-order valence-electron chi connectivity index (χ0n) is 16.2. The van der Waals surface area contributed by atoms with Crippen LogP contribution in [-0.4, -0.2) is 58.3 Å². The number of carbonyl (C=O) groups excluding carboxylic acids is 2. The van der Waals surface area contributed by atoms with Crippen molar-refractivity contribution in [3.8, 4) is 5.69 Å². The fourth-order valence-corrected chi connectivity index (χ4v) is 4.61. The van der Waals surface area contributed by atoms with Gasteiger partial charge in [-0.3, -0.25) is 4.79 Å². The second kappa shape index (κ2) is 6.36. The third-order valence-electron chi connectivity index (χ3n) is 6.12. The van der Waals surface area contributed by atoms with Gasteiger partial charge in [0.05, 0.1) is 24.5 Å². The van der Waals surface area contributed by atoms with Crippen LogP contribution in [0.5, 0.6) is 0 Å². The summed E-state index contributed by atoms with van der Waals surface area (Å²) in [5.74, 6) is 0.883. The highest BCUT2D eigenvalue weighted by Crippen LogP contribution is 2.51. The highest BCUT2D eigenvalue weighted by atomic mass is 16.5. The number of aromatic nitrogens is 2. The number of para-hydroxylation sites is 1. The number of hydrogen-bond acceptors (Lipinski definition) is 4.